The van der Waals surface area contributed by atoms with E-state index in [-0.39, 0.29) is 5.56 Å². The lowest BCUT2D eigenvalue weighted by Gasteiger charge is -2.21. The van der Waals surface area contributed by atoms with Gasteiger partial charge in [0, 0.05) is 0 Å². The smallest absolute Gasteiger partial charge is 0.153 e. The number of benzene rings is 1. The van der Waals surface area contributed by atoms with Crippen molar-refractivity contribution in [1.82, 2.24) is 0 Å². The number of hydrogen-bond acceptors (Lipinski definition) is 2. The van der Waals surface area contributed by atoms with Gasteiger partial charge in [0.1, 0.15) is 11.6 Å². The zero-order valence-corrected chi connectivity index (χ0v) is 9.82. The zero-order valence-electron chi connectivity index (χ0n) is 9.82. The lowest BCUT2D eigenvalue weighted by molar-refractivity contribution is 0.111. The van der Waals surface area contributed by atoms with Crippen LogP contribution in [0.5, 0.6) is 5.75 Å². The van der Waals surface area contributed by atoms with Crippen LogP contribution in [0.3, 0.4) is 0 Å². The highest BCUT2D eigenvalue weighted by molar-refractivity contribution is 5.75. The Morgan fingerprint density at radius 3 is 2.76 bits per heavy atom. The predicted octanol–water partition coefficient (Wildman–Crippen LogP) is 3.60. The summed E-state index contributed by atoms with van der Waals surface area (Å²) in [6, 6.07) is 4.32. The Balaban J connectivity index is 1.91. The molecule has 1 saturated carbocycles. The molecular weight excluding hydrogens is 219 g/mol. The van der Waals surface area contributed by atoms with Crippen molar-refractivity contribution in [3.8, 4) is 5.75 Å². The van der Waals surface area contributed by atoms with Crippen LogP contribution in [0.4, 0.5) is 4.39 Å². The second-order valence-electron chi connectivity index (χ2n) is 4.62. The molecule has 3 heteroatoms. The highest BCUT2D eigenvalue weighted by atomic mass is 19.1. The molecule has 0 spiro atoms. The van der Waals surface area contributed by atoms with E-state index >= 15 is 0 Å². The molecule has 0 radical (unpaired) electrons. The van der Waals surface area contributed by atoms with Crippen molar-refractivity contribution >= 4 is 6.29 Å². The highest BCUT2D eigenvalue weighted by Crippen LogP contribution is 2.25. The van der Waals surface area contributed by atoms with E-state index in [1.54, 1.807) is 6.07 Å². The quantitative estimate of drug-likeness (QED) is 0.747. The van der Waals surface area contributed by atoms with Crippen LogP contribution in [0.15, 0.2) is 18.2 Å². The van der Waals surface area contributed by atoms with Crippen molar-refractivity contribution in [2.45, 2.75) is 32.1 Å². The third-order valence-electron chi connectivity index (χ3n) is 3.30. The first-order chi connectivity index (χ1) is 8.29. The van der Waals surface area contributed by atoms with E-state index in [0.29, 0.717) is 24.6 Å². The first kappa shape index (κ1) is 12.1. The van der Waals surface area contributed by atoms with Crippen LogP contribution in [-0.4, -0.2) is 12.9 Å². The number of aldehydes is 1. The van der Waals surface area contributed by atoms with Crippen LogP contribution in [0, 0.1) is 11.7 Å². The fraction of sp³-hybridized carbons (Fsp3) is 0.500. The molecule has 0 aromatic heterocycles. The van der Waals surface area contributed by atoms with Gasteiger partial charge < -0.3 is 4.74 Å². The second kappa shape index (κ2) is 5.80. The Bertz CT molecular complexity index is 384. The van der Waals surface area contributed by atoms with Crippen molar-refractivity contribution in [3.63, 3.8) is 0 Å². The molecule has 0 amide bonds. The number of ether oxygens (including phenoxy) is 1. The second-order valence-corrected chi connectivity index (χ2v) is 4.62. The van der Waals surface area contributed by atoms with E-state index in [1.807, 2.05) is 0 Å². The molecule has 17 heavy (non-hydrogen) atoms. The number of rotatable bonds is 4. The van der Waals surface area contributed by atoms with E-state index < -0.39 is 5.82 Å². The summed E-state index contributed by atoms with van der Waals surface area (Å²) in [6.07, 6.45) is 6.81. The van der Waals surface area contributed by atoms with Crippen molar-refractivity contribution in [2.24, 2.45) is 5.92 Å². The minimum Gasteiger partial charge on any atom is -0.493 e. The van der Waals surface area contributed by atoms with E-state index in [2.05, 4.69) is 0 Å². The van der Waals surface area contributed by atoms with E-state index in [9.17, 15) is 9.18 Å². The van der Waals surface area contributed by atoms with Crippen LogP contribution < -0.4 is 4.74 Å². The van der Waals surface area contributed by atoms with Gasteiger partial charge in [-0.25, -0.2) is 4.39 Å². The fourth-order valence-corrected chi connectivity index (χ4v) is 2.27. The maximum Gasteiger partial charge on any atom is 0.153 e. The van der Waals surface area contributed by atoms with Crippen molar-refractivity contribution in [2.75, 3.05) is 6.61 Å². The minimum absolute atomic E-state index is 0.0612. The molecule has 2 nitrogen and oxygen atoms in total. The Kier molecular flexibility index (Phi) is 4.13. The Hall–Kier alpha value is -1.38. The summed E-state index contributed by atoms with van der Waals surface area (Å²) in [5.41, 5.74) is 0.0612. The van der Waals surface area contributed by atoms with Crippen LogP contribution in [0.1, 0.15) is 42.5 Å². The third kappa shape index (κ3) is 3.29. The largest absolute Gasteiger partial charge is 0.493 e. The third-order valence-corrected chi connectivity index (χ3v) is 3.30. The lowest BCUT2D eigenvalue weighted by Crippen LogP contribution is -2.15. The topological polar surface area (TPSA) is 26.3 Å². The van der Waals surface area contributed by atoms with E-state index in [4.69, 9.17) is 4.74 Å². The Labute approximate surface area is 101 Å². The predicted molar refractivity (Wildman–Crippen MR) is 63.9 cm³/mol. The molecule has 1 aromatic rings. The molecule has 0 saturated heterocycles. The molecule has 0 atom stereocenters. The SMILES string of the molecule is O=Cc1cc(OCC2CCCCC2)ccc1F. The van der Waals surface area contributed by atoms with Crippen molar-refractivity contribution in [3.05, 3.63) is 29.6 Å². The van der Waals surface area contributed by atoms with Gasteiger partial charge in [0.25, 0.3) is 0 Å². The molecule has 0 bridgehead atoms. The van der Waals surface area contributed by atoms with Gasteiger partial charge in [-0.3, -0.25) is 4.79 Å². The Morgan fingerprint density at radius 1 is 1.29 bits per heavy atom. The number of carbonyl (C=O) groups is 1. The average molecular weight is 236 g/mol. The normalized spacial score (nSPS) is 16.8. The summed E-state index contributed by atoms with van der Waals surface area (Å²) >= 11 is 0. The number of carbonyl (C=O) groups excluding carboxylic acids is 1. The molecule has 0 heterocycles. The summed E-state index contributed by atoms with van der Waals surface area (Å²) < 4.78 is 18.7. The van der Waals surface area contributed by atoms with E-state index in [0.717, 1.165) is 0 Å². The van der Waals surface area contributed by atoms with Crippen LogP contribution in [0.2, 0.25) is 0 Å². The van der Waals surface area contributed by atoms with Crippen molar-refractivity contribution < 1.29 is 13.9 Å². The van der Waals surface area contributed by atoms with Gasteiger partial charge >= 0.3 is 0 Å². The van der Waals surface area contributed by atoms with Gasteiger partial charge in [-0.2, -0.15) is 0 Å². The fourth-order valence-electron chi connectivity index (χ4n) is 2.27. The van der Waals surface area contributed by atoms with Gasteiger partial charge in [-0.15, -0.1) is 0 Å². The van der Waals surface area contributed by atoms with Crippen LogP contribution in [0.25, 0.3) is 0 Å². The molecule has 0 N–H and O–H groups in total. The zero-order chi connectivity index (χ0) is 12.1. The molecule has 1 aliphatic rings. The maximum absolute atomic E-state index is 13.1. The van der Waals surface area contributed by atoms with Gasteiger partial charge in [0.15, 0.2) is 6.29 Å². The monoisotopic (exact) mass is 236 g/mol. The molecular formula is C14H17FO2. The lowest BCUT2D eigenvalue weighted by atomic mass is 9.90. The molecule has 1 aromatic carbocycles. The summed E-state index contributed by atoms with van der Waals surface area (Å²) in [6.45, 7) is 0.671. The van der Waals surface area contributed by atoms with Gasteiger partial charge in [-0.1, -0.05) is 19.3 Å². The number of halogens is 1. The molecule has 0 aliphatic heterocycles. The number of hydrogen-bond donors (Lipinski definition) is 0. The summed E-state index contributed by atoms with van der Waals surface area (Å²) in [5, 5.41) is 0. The molecule has 2 rings (SSSR count). The molecule has 92 valence electrons. The molecule has 1 aliphatic carbocycles. The summed E-state index contributed by atoms with van der Waals surface area (Å²) in [5.74, 6) is 0.692. The summed E-state index contributed by atoms with van der Waals surface area (Å²) in [4.78, 5) is 10.6. The molecule has 0 unspecified atom stereocenters. The van der Waals surface area contributed by atoms with Crippen LogP contribution in [-0.2, 0) is 0 Å². The summed E-state index contributed by atoms with van der Waals surface area (Å²) in [7, 11) is 0. The van der Waals surface area contributed by atoms with E-state index in [1.165, 1.54) is 44.2 Å². The molecule has 1 fully saturated rings. The maximum atomic E-state index is 13.1. The van der Waals surface area contributed by atoms with Crippen molar-refractivity contribution in [1.29, 1.82) is 0 Å². The first-order valence-corrected chi connectivity index (χ1v) is 6.17. The van der Waals surface area contributed by atoms with Crippen LogP contribution >= 0.6 is 0 Å². The average Bonchev–Trinajstić information content (AvgIpc) is 2.39. The minimum atomic E-state index is -0.495. The standard InChI is InChI=1S/C14H17FO2/c15-14-7-6-13(8-12(14)9-16)17-10-11-4-2-1-3-5-11/h6-9,11H,1-5,10H2. The van der Waals surface area contributed by atoms with Gasteiger partial charge in [0.2, 0.25) is 0 Å². The van der Waals surface area contributed by atoms with Gasteiger partial charge in [-0.05, 0) is 37.0 Å². The highest BCUT2D eigenvalue weighted by Gasteiger charge is 2.14. The van der Waals surface area contributed by atoms with Gasteiger partial charge in [0.05, 0.1) is 12.2 Å². The Morgan fingerprint density at radius 2 is 2.06 bits per heavy atom. The first-order valence-electron chi connectivity index (χ1n) is 6.17.